The highest BCUT2D eigenvalue weighted by Crippen LogP contribution is 2.29. The predicted molar refractivity (Wildman–Crippen MR) is 69.6 cm³/mol. The van der Waals surface area contributed by atoms with Crippen LogP contribution in [0.1, 0.15) is 38.8 Å². The zero-order valence-corrected chi connectivity index (χ0v) is 11.9. The third-order valence-electron chi connectivity index (χ3n) is 2.90. The number of halogens is 1. The highest BCUT2D eigenvalue weighted by Gasteiger charge is 2.28. The Kier molecular flexibility index (Phi) is 4.17. The lowest BCUT2D eigenvalue weighted by atomic mass is 10.0. The lowest BCUT2D eigenvalue weighted by Crippen LogP contribution is -2.33. The Labute approximate surface area is 111 Å². The van der Waals surface area contributed by atoms with Crippen molar-refractivity contribution in [1.82, 2.24) is 4.98 Å². The maximum Gasteiger partial charge on any atom is 0.158 e. The minimum absolute atomic E-state index is 0.0977. The Balaban J connectivity index is 2.06. The molecule has 1 unspecified atom stereocenters. The molecule has 1 atom stereocenters. The molecule has 1 aliphatic rings. The van der Waals surface area contributed by atoms with E-state index in [2.05, 4.69) is 20.9 Å². The Morgan fingerprint density at radius 3 is 2.94 bits per heavy atom. The van der Waals surface area contributed by atoms with E-state index in [-0.39, 0.29) is 6.29 Å². The normalized spacial score (nSPS) is 21.5. The zero-order chi connectivity index (χ0) is 12.3. The molecule has 0 spiro atoms. The van der Waals surface area contributed by atoms with Crippen LogP contribution < -0.4 is 0 Å². The first kappa shape index (κ1) is 13.0. The second kappa shape index (κ2) is 5.46. The number of aromatic nitrogens is 1. The second-order valence-corrected chi connectivity index (χ2v) is 5.70. The average molecular weight is 300 g/mol. The van der Waals surface area contributed by atoms with Crippen molar-refractivity contribution in [1.29, 1.82) is 0 Å². The van der Waals surface area contributed by atoms with Gasteiger partial charge in [0.25, 0.3) is 0 Å². The fourth-order valence-electron chi connectivity index (χ4n) is 1.93. The van der Waals surface area contributed by atoms with Gasteiger partial charge in [0.05, 0.1) is 5.69 Å². The quantitative estimate of drug-likeness (QED) is 0.854. The molecule has 1 fully saturated rings. The van der Waals surface area contributed by atoms with Crippen LogP contribution in [0.3, 0.4) is 0 Å². The van der Waals surface area contributed by atoms with Gasteiger partial charge in [-0.1, -0.05) is 15.9 Å². The van der Waals surface area contributed by atoms with Gasteiger partial charge in [0.2, 0.25) is 0 Å². The van der Waals surface area contributed by atoms with Crippen molar-refractivity contribution in [3.63, 3.8) is 0 Å². The topological polar surface area (TPSA) is 31.4 Å². The Hall–Kier alpha value is -0.450. The second-order valence-electron chi connectivity index (χ2n) is 4.78. The maximum absolute atomic E-state index is 6.01. The number of hydrogen-bond donors (Lipinski definition) is 0. The summed E-state index contributed by atoms with van der Waals surface area (Å²) < 4.78 is 12.6. The van der Waals surface area contributed by atoms with E-state index in [1.807, 2.05) is 26.0 Å². The van der Waals surface area contributed by atoms with Crippen LogP contribution in [0.4, 0.5) is 0 Å². The summed E-state index contributed by atoms with van der Waals surface area (Å²) in [5.74, 6) is 0. The van der Waals surface area contributed by atoms with Crippen molar-refractivity contribution >= 4 is 15.9 Å². The molecular weight excluding hydrogens is 282 g/mol. The smallest absolute Gasteiger partial charge is 0.158 e. The van der Waals surface area contributed by atoms with Gasteiger partial charge in [-0.05, 0) is 45.2 Å². The lowest BCUT2D eigenvalue weighted by Gasteiger charge is -2.32. The Bertz CT molecular complexity index is 375. The molecule has 1 saturated heterocycles. The van der Waals surface area contributed by atoms with Crippen molar-refractivity contribution in [3.05, 3.63) is 28.5 Å². The summed E-state index contributed by atoms with van der Waals surface area (Å²) in [7, 11) is 0. The van der Waals surface area contributed by atoms with Gasteiger partial charge in [-0.2, -0.15) is 0 Å². The molecule has 4 heteroatoms. The third-order valence-corrected chi connectivity index (χ3v) is 3.40. The van der Waals surface area contributed by atoms with E-state index in [9.17, 15) is 0 Å². The number of nitrogens with zero attached hydrogens (tertiary/aromatic N) is 1. The fourth-order valence-corrected chi connectivity index (χ4v) is 2.26. The summed E-state index contributed by atoms with van der Waals surface area (Å²) in [5, 5.41) is 0. The van der Waals surface area contributed by atoms with Crippen molar-refractivity contribution in [3.8, 4) is 0 Å². The standard InChI is InChI=1S/C13H18BrNO2/c1-13(2,11-9-10(14)6-7-15-11)17-12-5-3-4-8-16-12/h6-7,9,12H,3-5,8H2,1-2H3. The Morgan fingerprint density at radius 2 is 2.29 bits per heavy atom. The van der Waals surface area contributed by atoms with Crippen LogP contribution in [-0.2, 0) is 15.1 Å². The molecule has 0 bridgehead atoms. The molecular formula is C13H18BrNO2. The monoisotopic (exact) mass is 299 g/mol. The number of pyridine rings is 1. The van der Waals surface area contributed by atoms with E-state index < -0.39 is 5.60 Å². The fraction of sp³-hybridized carbons (Fsp3) is 0.615. The minimum atomic E-state index is -0.425. The van der Waals surface area contributed by atoms with Gasteiger partial charge >= 0.3 is 0 Å². The minimum Gasteiger partial charge on any atom is -0.353 e. The molecule has 1 aromatic rings. The number of ether oxygens (including phenoxy) is 2. The molecule has 17 heavy (non-hydrogen) atoms. The highest BCUT2D eigenvalue weighted by atomic mass is 79.9. The first-order valence-corrected chi connectivity index (χ1v) is 6.79. The predicted octanol–water partition coefficient (Wildman–Crippen LogP) is 3.62. The molecule has 1 aromatic heterocycles. The van der Waals surface area contributed by atoms with E-state index >= 15 is 0 Å². The van der Waals surface area contributed by atoms with Crippen molar-refractivity contribution in [2.45, 2.75) is 45.0 Å². The molecule has 94 valence electrons. The lowest BCUT2D eigenvalue weighted by molar-refractivity contribution is -0.220. The Morgan fingerprint density at radius 1 is 1.47 bits per heavy atom. The summed E-state index contributed by atoms with van der Waals surface area (Å²) in [4.78, 5) is 4.37. The molecule has 1 aliphatic heterocycles. The molecule has 2 heterocycles. The van der Waals surface area contributed by atoms with Crippen LogP contribution in [0.15, 0.2) is 22.8 Å². The van der Waals surface area contributed by atoms with Gasteiger partial charge in [0.1, 0.15) is 5.60 Å². The van der Waals surface area contributed by atoms with Gasteiger partial charge in [0.15, 0.2) is 6.29 Å². The summed E-state index contributed by atoms with van der Waals surface area (Å²) in [5.41, 5.74) is 0.493. The number of rotatable bonds is 3. The van der Waals surface area contributed by atoms with Crippen molar-refractivity contribution in [2.24, 2.45) is 0 Å². The SMILES string of the molecule is CC(C)(OC1CCCCO1)c1cc(Br)ccn1. The molecule has 0 saturated carbocycles. The van der Waals surface area contributed by atoms with E-state index in [0.717, 1.165) is 29.6 Å². The first-order valence-electron chi connectivity index (χ1n) is 5.99. The largest absolute Gasteiger partial charge is 0.353 e. The molecule has 0 aromatic carbocycles. The summed E-state index contributed by atoms with van der Waals surface area (Å²) in [6.07, 6.45) is 4.96. The van der Waals surface area contributed by atoms with Crippen LogP contribution in [0, 0.1) is 0 Å². The van der Waals surface area contributed by atoms with Gasteiger partial charge in [-0.25, -0.2) is 0 Å². The van der Waals surface area contributed by atoms with E-state index in [0.29, 0.717) is 0 Å². The number of hydrogen-bond acceptors (Lipinski definition) is 3. The van der Waals surface area contributed by atoms with E-state index in [1.54, 1.807) is 6.20 Å². The van der Waals surface area contributed by atoms with E-state index in [4.69, 9.17) is 9.47 Å². The van der Waals surface area contributed by atoms with Crippen molar-refractivity contribution < 1.29 is 9.47 Å². The maximum atomic E-state index is 6.01. The van der Waals surface area contributed by atoms with Gasteiger partial charge in [-0.3, -0.25) is 4.98 Å². The van der Waals surface area contributed by atoms with Crippen molar-refractivity contribution in [2.75, 3.05) is 6.61 Å². The van der Waals surface area contributed by atoms with Crippen LogP contribution in [-0.4, -0.2) is 17.9 Å². The molecule has 0 aliphatic carbocycles. The molecule has 3 nitrogen and oxygen atoms in total. The summed E-state index contributed by atoms with van der Waals surface area (Å²) in [6.45, 7) is 4.85. The van der Waals surface area contributed by atoms with Crippen LogP contribution in [0.25, 0.3) is 0 Å². The van der Waals surface area contributed by atoms with Gasteiger partial charge < -0.3 is 9.47 Å². The average Bonchev–Trinajstić information content (AvgIpc) is 2.30. The highest BCUT2D eigenvalue weighted by molar-refractivity contribution is 9.10. The van der Waals surface area contributed by atoms with Crippen LogP contribution in [0.2, 0.25) is 0 Å². The van der Waals surface area contributed by atoms with Gasteiger partial charge in [0, 0.05) is 17.3 Å². The first-order chi connectivity index (χ1) is 8.08. The summed E-state index contributed by atoms with van der Waals surface area (Å²) in [6, 6.07) is 3.90. The van der Waals surface area contributed by atoms with Crippen LogP contribution >= 0.6 is 15.9 Å². The van der Waals surface area contributed by atoms with E-state index in [1.165, 1.54) is 6.42 Å². The van der Waals surface area contributed by atoms with Gasteiger partial charge in [-0.15, -0.1) is 0 Å². The zero-order valence-electron chi connectivity index (χ0n) is 10.3. The van der Waals surface area contributed by atoms with Crippen LogP contribution in [0.5, 0.6) is 0 Å². The molecule has 2 rings (SSSR count). The third kappa shape index (κ3) is 3.50. The molecule has 0 N–H and O–H groups in total. The molecule has 0 amide bonds. The summed E-state index contributed by atoms with van der Waals surface area (Å²) >= 11 is 3.45. The molecule has 0 radical (unpaired) electrons.